The molecule has 2 aliphatic rings. The average Bonchev–Trinajstić information content (AvgIpc) is 3.14. The topological polar surface area (TPSA) is 37.8 Å². The summed E-state index contributed by atoms with van der Waals surface area (Å²) in [5, 5.41) is 3.17. The van der Waals surface area contributed by atoms with Gasteiger partial charge >= 0.3 is 0 Å². The third kappa shape index (κ3) is 2.40. The van der Waals surface area contributed by atoms with Crippen molar-refractivity contribution in [3.8, 4) is 0 Å². The van der Waals surface area contributed by atoms with Crippen LogP contribution in [0.2, 0.25) is 0 Å². The third-order valence-electron chi connectivity index (χ3n) is 3.92. The van der Waals surface area contributed by atoms with Crippen LogP contribution >= 0.6 is 0 Å². The first kappa shape index (κ1) is 10.9. The summed E-state index contributed by atoms with van der Waals surface area (Å²) in [7, 11) is 0. The number of nitrogens with one attached hydrogen (secondary N) is 1. The lowest BCUT2D eigenvalue weighted by Crippen LogP contribution is -2.19. The first-order valence-electron chi connectivity index (χ1n) is 6.46. The molecule has 0 unspecified atom stereocenters. The fourth-order valence-corrected chi connectivity index (χ4v) is 2.56. The molecule has 2 saturated carbocycles. The Hall–Kier alpha value is -1.19. The Kier molecular flexibility index (Phi) is 2.73. The molecule has 0 spiro atoms. The van der Waals surface area contributed by atoms with Crippen molar-refractivity contribution in [1.82, 2.24) is 9.97 Å². The molecule has 0 aliphatic heterocycles. The smallest absolute Gasteiger partial charge is 0.186 e. The molecule has 0 aromatic carbocycles. The van der Waals surface area contributed by atoms with Crippen molar-refractivity contribution < 1.29 is 4.39 Å². The van der Waals surface area contributed by atoms with Gasteiger partial charge in [-0.1, -0.05) is 0 Å². The molecule has 3 rings (SSSR count). The van der Waals surface area contributed by atoms with E-state index in [4.69, 9.17) is 0 Å². The maximum atomic E-state index is 13.7. The summed E-state index contributed by atoms with van der Waals surface area (Å²) in [5.41, 5.74) is 0.414. The standard InChI is InChI=1S/C13H18FN3/c1-8-12(14)13(17-7-16-8)15-6-11(9-2-3-9)10-4-5-10/h7,9-11H,2-6H2,1H3,(H,15,16,17). The number of nitrogens with zero attached hydrogens (tertiary/aromatic N) is 2. The Morgan fingerprint density at radius 3 is 2.53 bits per heavy atom. The fraction of sp³-hybridized carbons (Fsp3) is 0.692. The molecule has 0 bridgehead atoms. The second-order valence-electron chi connectivity index (χ2n) is 5.34. The van der Waals surface area contributed by atoms with Crippen LogP contribution in [0.3, 0.4) is 0 Å². The van der Waals surface area contributed by atoms with Crippen molar-refractivity contribution in [2.75, 3.05) is 11.9 Å². The number of hydrogen-bond acceptors (Lipinski definition) is 3. The van der Waals surface area contributed by atoms with E-state index in [-0.39, 0.29) is 5.82 Å². The molecule has 0 radical (unpaired) electrons. The van der Waals surface area contributed by atoms with Gasteiger partial charge in [-0.15, -0.1) is 0 Å². The molecule has 3 nitrogen and oxygen atoms in total. The monoisotopic (exact) mass is 235 g/mol. The normalized spacial score (nSPS) is 19.7. The van der Waals surface area contributed by atoms with Crippen molar-refractivity contribution in [1.29, 1.82) is 0 Å². The summed E-state index contributed by atoms with van der Waals surface area (Å²) in [6.45, 7) is 2.53. The minimum absolute atomic E-state index is 0.308. The molecule has 2 fully saturated rings. The van der Waals surface area contributed by atoms with E-state index in [1.54, 1.807) is 6.92 Å². The molecule has 1 aromatic heterocycles. The summed E-state index contributed by atoms with van der Waals surface area (Å²) >= 11 is 0. The number of anilines is 1. The maximum Gasteiger partial charge on any atom is 0.186 e. The molecule has 1 N–H and O–H groups in total. The van der Waals surface area contributed by atoms with E-state index in [0.29, 0.717) is 11.5 Å². The molecular weight excluding hydrogens is 217 g/mol. The molecule has 17 heavy (non-hydrogen) atoms. The lowest BCUT2D eigenvalue weighted by atomic mass is 9.98. The lowest BCUT2D eigenvalue weighted by molar-refractivity contribution is 0.426. The van der Waals surface area contributed by atoms with Gasteiger partial charge < -0.3 is 5.32 Å². The molecule has 1 aromatic rings. The molecule has 0 atom stereocenters. The second-order valence-corrected chi connectivity index (χ2v) is 5.34. The highest BCUT2D eigenvalue weighted by molar-refractivity contribution is 5.36. The van der Waals surface area contributed by atoms with Crippen molar-refractivity contribution in [3.05, 3.63) is 17.8 Å². The van der Waals surface area contributed by atoms with Crippen LogP contribution < -0.4 is 5.32 Å². The predicted octanol–water partition coefficient (Wildman–Crippen LogP) is 2.77. The average molecular weight is 235 g/mol. The summed E-state index contributed by atoms with van der Waals surface area (Å²) in [4.78, 5) is 7.81. The molecule has 2 aliphatic carbocycles. The van der Waals surface area contributed by atoms with Crippen LogP contribution in [0.5, 0.6) is 0 Å². The first-order chi connectivity index (χ1) is 8.25. The van der Waals surface area contributed by atoms with Gasteiger partial charge in [0.2, 0.25) is 0 Å². The summed E-state index contributed by atoms with van der Waals surface area (Å²) in [6, 6.07) is 0. The SMILES string of the molecule is Cc1ncnc(NCC(C2CC2)C2CC2)c1F. The van der Waals surface area contributed by atoms with E-state index in [1.807, 2.05) is 0 Å². The highest BCUT2D eigenvalue weighted by Gasteiger charge is 2.41. The summed E-state index contributed by atoms with van der Waals surface area (Å²) in [6.07, 6.45) is 6.84. The van der Waals surface area contributed by atoms with E-state index in [9.17, 15) is 4.39 Å². The minimum Gasteiger partial charge on any atom is -0.367 e. The Morgan fingerprint density at radius 2 is 1.94 bits per heavy atom. The third-order valence-corrected chi connectivity index (χ3v) is 3.92. The van der Waals surface area contributed by atoms with Crippen molar-refractivity contribution in [2.45, 2.75) is 32.6 Å². The number of halogens is 1. The van der Waals surface area contributed by atoms with Gasteiger partial charge in [0.15, 0.2) is 11.6 Å². The Morgan fingerprint density at radius 1 is 1.29 bits per heavy atom. The number of aryl methyl sites for hydroxylation is 1. The zero-order chi connectivity index (χ0) is 11.8. The quantitative estimate of drug-likeness (QED) is 0.852. The van der Waals surface area contributed by atoms with Crippen molar-refractivity contribution in [3.63, 3.8) is 0 Å². The summed E-state index contributed by atoms with van der Waals surface area (Å²) in [5.74, 6) is 2.54. The van der Waals surface area contributed by atoms with Gasteiger partial charge in [0.05, 0.1) is 5.69 Å². The van der Waals surface area contributed by atoms with Crippen molar-refractivity contribution >= 4 is 5.82 Å². The van der Waals surface area contributed by atoms with Gasteiger partial charge in [-0.2, -0.15) is 0 Å². The molecular formula is C13H18FN3. The van der Waals surface area contributed by atoms with Gasteiger partial charge in [-0.05, 0) is 50.4 Å². The zero-order valence-corrected chi connectivity index (χ0v) is 10.1. The van der Waals surface area contributed by atoms with Crippen LogP contribution in [0, 0.1) is 30.5 Å². The zero-order valence-electron chi connectivity index (χ0n) is 10.1. The van der Waals surface area contributed by atoms with E-state index in [0.717, 1.165) is 24.3 Å². The van der Waals surface area contributed by atoms with Crippen LogP contribution in [0.4, 0.5) is 10.2 Å². The largest absolute Gasteiger partial charge is 0.367 e. The molecule has 1 heterocycles. The van der Waals surface area contributed by atoms with Gasteiger partial charge in [0.1, 0.15) is 6.33 Å². The number of aromatic nitrogens is 2. The second kappa shape index (κ2) is 4.24. The Labute approximate surface area is 101 Å². The first-order valence-corrected chi connectivity index (χ1v) is 6.46. The Bertz CT molecular complexity index is 401. The molecule has 4 heteroatoms. The van der Waals surface area contributed by atoms with Crippen LogP contribution in [0.1, 0.15) is 31.4 Å². The van der Waals surface area contributed by atoms with E-state index >= 15 is 0 Å². The van der Waals surface area contributed by atoms with Crippen LogP contribution in [-0.4, -0.2) is 16.5 Å². The van der Waals surface area contributed by atoms with Crippen LogP contribution in [-0.2, 0) is 0 Å². The maximum absolute atomic E-state index is 13.7. The van der Waals surface area contributed by atoms with E-state index in [2.05, 4.69) is 15.3 Å². The van der Waals surface area contributed by atoms with Gasteiger partial charge in [0, 0.05) is 6.54 Å². The summed E-state index contributed by atoms with van der Waals surface area (Å²) < 4.78 is 13.7. The van der Waals surface area contributed by atoms with Gasteiger partial charge in [-0.25, -0.2) is 14.4 Å². The minimum atomic E-state index is -0.308. The molecule has 92 valence electrons. The van der Waals surface area contributed by atoms with Gasteiger partial charge in [0.25, 0.3) is 0 Å². The van der Waals surface area contributed by atoms with Crippen LogP contribution in [0.25, 0.3) is 0 Å². The number of rotatable bonds is 5. The number of hydrogen-bond donors (Lipinski definition) is 1. The molecule has 0 saturated heterocycles. The predicted molar refractivity (Wildman–Crippen MR) is 64.2 cm³/mol. The van der Waals surface area contributed by atoms with Crippen LogP contribution in [0.15, 0.2) is 6.33 Å². The van der Waals surface area contributed by atoms with Gasteiger partial charge in [-0.3, -0.25) is 0 Å². The lowest BCUT2D eigenvalue weighted by Gasteiger charge is -2.16. The highest BCUT2D eigenvalue weighted by atomic mass is 19.1. The van der Waals surface area contributed by atoms with Crippen molar-refractivity contribution in [2.24, 2.45) is 17.8 Å². The Balaban J connectivity index is 1.64. The highest BCUT2D eigenvalue weighted by Crippen LogP contribution is 2.49. The molecule has 0 amide bonds. The van der Waals surface area contributed by atoms with E-state index in [1.165, 1.54) is 32.0 Å². The van der Waals surface area contributed by atoms with E-state index < -0.39 is 0 Å². The fourth-order valence-electron chi connectivity index (χ4n) is 2.56.